The average molecular weight is 346 g/mol. The molecule has 0 aliphatic rings. The maximum absolute atomic E-state index is 12.5. The van der Waals surface area contributed by atoms with Crippen molar-refractivity contribution in [2.24, 2.45) is 0 Å². The Morgan fingerprint density at radius 2 is 2.10 bits per heavy atom. The summed E-state index contributed by atoms with van der Waals surface area (Å²) < 4.78 is 31.4. The van der Waals surface area contributed by atoms with Crippen LogP contribution in [0.4, 0.5) is 0 Å². The average Bonchev–Trinajstić information content (AvgIpc) is 2.97. The van der Waals surface area contributed by atoms with Gasteiger partial charge in [-0.1, -0.05) is 12.1 Å². The highest BCUT2D eigenvalue weighted by molar-refractivity contribution is 7.89. The Bertz CT molecular complexity index is 713. The van der Waals surface area contributed by atoms with E-state index in [4.69, 9.17) is 16.3 Å². The third kappa shape index (κ3) is 3.77. The molecule has 0 amide bonds. The van der Waals surface area contributed by atoms with Gasteiger partial charge in [0, 0.05) is 23.8 Å². The SMILES string of the molecule is COc1cccc(CN(C)S(=O)(=O)c2csc(CCl)c2)c1. The Morgan fingerprint density at radius 3 is 2.71 bits per heavy atom. The lowest BCUT2D eigenvalue weighted by molar-refractivity contribution is 0.412. The summed E-state index contributed by atoms with van der Waals surface area (Å²) in [7, 11) is -0.357. The fraction of sp³-hybridized carbons (Fsp3) is 0.286. The predicted molar refractivity (Wildman–Crippen MR) is 85.5 cm³/mol. The van der Waals surface area contributed by atoms with Crippen molar-refractivity contribution in [2.75, 3.05) is 14.2 Å². The Balaban J connectivity index is 2.19. The van der Waals surface area contributed by atoms with Gasteiger partial charge in [0.15, 0.2) is 0 Å². The molecule has 1 aromatic heterocycles. The van der Waals surface area contributed by atoms with Crippen LogP contribution in [0.5, 0.6) is 5.75 Å². The number of rotatable bonds is 6. The molecular weight excluding hydrogens is 330 g/mol. The third-order valence-corrected chi connectivity index (χ3v) is 6.32. The number of sulfonamides is 1. The van der Waals surface area contributed by atoms with Gasteiger partial charge >= 0.3 is 0 Å². The van der Waals surface area contributed by atoms with E-state index in [2.05, 4.69) is 0 Å². The molecule has 0 saturated carbocycles. The van der Waals surface area contributed by atoms with Gasteiger partial charge in [0.2, 0.25) is 10.0 Å². The zero-order valence-electron chi connectivity index (χ0n) is 11.7. The fourth-order valence-corrected chi connectivity index (χ4v) is 4.39. The molecule has 2 rings (SSSR count). The summed E-state index contributed by atoms with van der Waals surface area (Å²) in [5.41, 5.74) is 0.869. The van der Waals surface area contributed by atoms with Crippen molar-refractivity contribution in [2.45, 2.75) is 17.3 Å². The van der Waals surface area contributed by atoms with Crippen LogP contribution < -0.4 is 4.74 Å². The number of hydrogen-bond donors (Lipinski definition) is 0. The summed E-state index contributed by atoms with van der Waals surface area (Å²) in [6.45, 7) is 0.283. The molecule has 0 N–H and O–H groups in total. The minimum Gasteiger partial charge on any atom is -0.497 e. The number of methoxy groups -OCH3 is 1. The normalized spacial score (nSPS) is 11.8. The van der Waals surface area contributed by atoms with Crippen molar-refractivity contribution >= 4 is 33.0 Å². The van der Waals surface area contributed by atoms with Crippen molar-refractivity contribution in [3.05, 3.63) is 46.2 Å². The Hall–Kier alpha value is -1.08. The molecule has 0 radical (unpaired) electrons. The van der Waals surface area contributed by atoms with Gasteiger partial charge in [-0.25, -0.2) is 8.42 Å². The lowest BCUT2D eigenvalue weighted by atomic mass is 10.2. The molecule has 1 heterocycles. The first-order chi connectivity index (χ1) is 9.97. The Labute approximate surface area is 134 Å². The van der Waals surface area contributed by atoms with Gasteiger partial charge in [0.25, 0.3) is 0 Å². The lowest BCUT2D eigenvalue weighted by Gasteiger charge is -2.16. The standard InChI is InChI=1S/C14H16ClNO3S2/c1-16(9-11-4-3-5-12(6-11)19-2)21(17,18)14-7-13(8-15)20-10-14/h3-7,10H,8-9H2,1-2H3. The van der Waals surface area contributed by atoms with E-state index in [1.54, 1.807) is 25.6 Å². The van der Waals surface area contributed by atoms with E-state index in [0.717, 1.165) is 10.4 Å². The predicted octanol–water partition coefficient (Wildman–Crippen LogP) is 3.32. The molecule has 0 aliphatic carbocycles. The summed E-state index contributed by atoms with van der Waals surface area (Å²) in [5.74, 6) is 1.03. The van der Waals surface area contributed by atoms with Crippen LogP contribution in [0.1, 0.15) is 10.4 Å². The highest BCUT2D eigenvalue weighted by atomic mass is 35.5. The fourth-order valence-electron chi connectivity index (χ4n) is 1.86. The smallest absolute Gasteiger partial charge is 0.243 e. The van der Waals surface area contributed by atoms with Crippen molar-refractivity contribution in [3.63, 3.8) is 0 Å². The molecule has 1 aromatic carbocycles. The quantitative estimate of drug-likeness (QED) is 0.754. The molecule has 4 nitrogen and oxygen atoms in total. The van der Waals surface area contributed by atoms with E-state index >= 15 is 0 Å². The Morgan fingerprint density at radius 1 is 1.33 bits per heavy atom. The van der Waals surface area contributed by atoms with Crippen LogP contribution in [0.2, 0.25) is 0 Å². The molecule has 0 unspecified atom stereocenters. The number of alkyl halides is 1. The molecule has 7 heteroatoms. The molecule has 21 heavy (non-hydrogen) atoms. The van der Waals surface area contributed by atoms with Crippen molar-refractivity contribution in [1.29, 1.82) is 0 Å². The van der Waals surface area contributed by atoms with E-state index in [0.29, 0.717) is 11.6 Å². The number of nitrogens with zero attached hydrogens (tertiary/aromatic N) is 1. The van der Waals surface area contributed by atoms with Crippen LogP contribution in [0.15, 0.2) is 40.6 Å². The van der Waals surface area contributed by atoms with Gasteiger partial charge in [-0.3, -0.25) is 0 Å². The molecule has 0 atom stereocenters. The van der Waals surface area contributed by atoms with E-state index < -0.39 is 10.0 Å². The molecule has 0 fully saturated rings. The maximum atomic E-state index is 12.5. The first-order valence-corrected chi connectivity index (χ1v) is 9.05. The van der Waals surface area contributed by atoms with E-state index in [-0.39, 0.29) is 11.4 Å². The van der Waals surface area contributed by atoms with Crippen LogP contribution >= 0.6 is 22.9 Å². The third-order valence-electron chi connectivity index (χ3n) is 3.01. The van der Waals surface area contributed by atoms with Gasteiger partial charge in [-0.2, -0.15) is 4.31 Å². The zero-order chi connectivity index (χ0) is 15.5. The number of benzene rings is 1. The Kier molecular flexibility index (Phi) is 5.27. The number of thiophene rings is 1. The topological polar surface area (TPSA) is 46.6 Å². The monoisotopic (exact) mass is 345 g/mol. The number of hydrogen-bond acceptors (Lipinski definition) is 4. The molecule has 0 aliphatic heterocycles. The van der Waals surface area contributed by atoms with Gasteiger partial charge < -0.3 is 4.74 Å². The summed E-state index contributed by atoms with van der Waals surface area (Å²) >= 11 is 7.07. The summed E-state index contributed by atoms with van der Waals surface area (Å²) in [4.78, 5) is 1.12. The molecule has 2 aromatic rings. The first kappa shape index (κ1) is 16.3. The van der Waals surface area contributed by atoms with E-state index in [1.165, 1.54) is 15.6 Å². The molecular formula is C14H16ClNO3S2. The molecule has 114 valence electrons. The molecule has 0 spiro atoms. The number of ether oxygens (including phenoxy) is 1. The second-order valence-electron chi connectivity index (χ2n) is 4.49. The number of halogens is 1. The van der Waals surface area contributed by atoms with Gasteiger partial charge in [0.05, 0.1) is 17.9 Å². The van der Waals surface area contributed by atoms with Gasteiger partial charge in [-0.05, 0) is 23.8 Å². The summed E-state index contributed by atoms with van der Waals surface area (Å²) in [6, 6.07) is 8.97. The molecule has 0 bridgehead atoms. The van der Waals surface area contributed by atoms with Gasteiger partial charge in [0.1, 0.15) is 5.75 Å². The van der Waals surface area contributed by atoms with Crippen LogP contribution in [-0.2, 0) is 22.4 Å². The van der Waals surface area contributed by atoms with Crippen LogP contribution in [0.3, 0.4) is 0 Å². The first-order valence-electron chi connectivity index (χ1n) is 6.20. The van der Waals surface area contributed by atoms with Crippen LogP contribution in [-0.4, -0.2) is 26.9 Å². The minimum atomic E-state index is -3.50. The minimum absolute atomic E-state index is 0.283. The largest absolute Gasteiger partial charge is 0.497 e. The highest BCUT2D eigenvalue weighted by Crippen LogP contribution is 2.24. The van der Waals surface area contributed by atoms with Crippen molar-refractivity contribution in [3.8, 4) is 5.75 Å². The summed E-state index contributed by atoms with van der Waals surface area (Å²) in [6.07, 6.45) is 0. The van der Waals surface area contributed by atoms with E-state index in [9.17, 15) is 8.42 Å². The van der Waals surface area contributed by atoms with Crippen molar-refractivity contribution < 1.29 is 13.2 Å². The molecule has 0 saturated heterocycles. The van der Waals surface area contributed by atoms with E-state index in [1.807, 2.05) is 24.3 Å². The maximum Gasteiger partial charge on any atom is 0.243 e. The second kappa shape index (κ2) is 6.79. The lowest BCUT2D eigenvalue weighted by Crippen LogP contribution is -2.26. The zero-order valence-corrected chi connectivity index (χ0v) is 14.1. The van der Waals surface area contributed by atoms with Crippen LogP contribution in [0.25, 0.3) is 0 Å². The van der Waals surface area contributed by atoms with Gasteiger partial charge in [-0.15, -0.1) is 22.9 Å². The van der Waals surface area contributed by atoms with Crippen molar-refractivity contribution in [1.82, 2.24) is 4.31 Å². The highest BCUT2D eigenvalue weighted by Gasteiger charge is 2.22. The second-order valence-corrected chi connectivity index (χ2v) is 7.80. The van der Waals surface area contributed by atoms with Crippen LogP contribution in [0, 0.1) is 0 Å². The summed E-state index contributed by atoms with van der Waals surface area (Å²) in [5, 5.41) is 1.62.